The van der Waals surface area contributed by atoms with Gasteiger partial charge in [0, 0.05) is 31.1 Å². The Morgan fingerprint density at radius 2 is 1.71 bits per heavy atom. The summed E-state index contributed by atoms with van der Waals surface area (Å²) < 4.78 is 4.94. The Kier molecular flexibility index (Phi) is 3.79. The zero-order valence-corrected chi connectivity index (χ0v) is 12.6. The first-order valence-corrected chi connectivity index (χ1v) is 7.64. The predicted molar refractivity (Wildman–Crippen MR) is 79.6 cm³/mol. The minimum Gasteiger partial charge on any atom is -0.472 e. The molecule has 6 heteroatoms. The average molecular weight is 304 g/mol. The number of carbonyl (C=O) groups excluding carboxylic acids is 2. The summed E-state index contributed by atoms with van der Waals surface area (Å²) in [6.45, 7) is 4.24. The maximum atomic E-state index is 12.3. The average Bonchev–Trinajstić information content (AvgIpc) is 3.17. The third-order valence-corrected chi connectivity index (χ3v) is 4.56. The maximum absolute atomic E-state index is 12.3. The highest BCUT2D eigenvalue weighted by molar-refractivity contribution is 7.13. The lowest BCUT2D eigenvalue weighted by molar-refractivity contribution is 0.0537. The van der Waals surface area contributed by atoms with Gasteiger partial charge in [-0.3, -0.25) is 9.59 Å². The van der Waals surface area contributed by atoms with Gasteiger partial charge in [0.1, 0.15) is 6.26 Å². The van der Waals surface area contributed by atoms with Crippen LogP contribution in [0.15, 0.2) is 35.1 Å². The second-order valence-corrected chi connectivity index (χ2v) is 6.29. The van der Waals surface area contributed by atoms with Gasteiger partial charge >= 0.3 is 0 Å². The van der Waals surface area contributed by atoms with Crippen molar-refractivity contribution in [3.63, 3.8) is 0 Å². The van der Waals surface area contributed by atoms with Crippen molar-refractivity contribution < 1.29 is 14.0 Å². The van der Waals surface area contributed by atoms with E-state index in [1.54, 1.807) is 11.0 Å². The summed E-state index contributed by atoms with van der Waals surface area (Å²) in [6, 6.07) is 5.48. The van der Waals surface area contributed by atoms with Crippen LogP contribution < -0.4 is 0 Å². The monoisotopic (exact) mass is 304 g/mol. The third kappa shape index (κ3) is 2.85. The van der Waals surface area contributed by atoms with Crippen LogP contribution in [0.1, 0.15) is 24.9 Å². The van der Waals surface area contributed by atoms with E-state index in [1.807, 2.05) is 24.0 Å². The fourth-order valence-corrected chi connectivity index (χ4v) is 3.22. The minimum absolute atomic E-state index is 0.0391. The Hall–Kier alpha value is -2.08. The summed E-state index contributed by atoms with van der Waals surface area (Å²) in [4.78, 5) is 30.0. The van der Waals surface area contributed by atoms with E-state index >= 15 is 0 Å². The zero-order valence-electron chi connectivity index (χ0n) is 11.7. The quantitative estimate of drug-likeness (QED) is 0.855. The van der Waals surface area contributed by atoms with Crippen molar-refractivity contribution in [3.8, 4) is 0 Å². The number of hydrogen-bond donors (Lipinski definition) is 0. The number of carbonyl (C=O) groups is 2. The molecule has 0 aromatic carbocycles. The Bertz CT molecular complexity index is 640. The Labute approximate surface area is 126 Å². The molecule has 0 atom stereocenters. The molecule has 0 unspecified atom stereocenters. The molecule has 0 N–H and O–H groups in total. The highest BCUT2D eigenvalue weighted by Crippen LogP contribution is 2.18. The molecule has 0 spiro atoms. The number of amides is 2. The van der Waals surface area contributed by atoms with E-state index in [0.717, 1.165) is 9.75 Å². The summed E-state index contributed by atoms with van der Waals surface area (Å²) in [6.07, 6.45) is 2.94. The largest absolute Gasteiger partial charge is 0.472 e. The predicted octanol–water partition coefficient (Wildman–Crippen LogP) is 2.25. The van der Waals surface area contributed by atoms with Gasteiger partial charge in [-0.2, -0.15) is 0 Å². The number of furan rings is 1. The summed E-state index contributed by atoms with van der Waals surface area (Å²) in [5.74, 6) is 0.0197. The van der Waals surface area contributed by atoms with Gasteiger partial charge < -0.3 is 14.2 Å². The molecule has 0 bridgehead atoms. The van der Waals surface area contributed by atoms with Gasteiger partial charge in [-0.05, 0) is 25.1 Å². The van der Waals surface area contributed by atoms with Crippen molar-refractivity contribution in [1.29, 1.82) is 0 Å². The van der Waals surface area contributed by atoms with Crippen LogP contribution in [0.5, 0.6) is 0 Å². The highest BCUT2D eigenvalue weighted by atomic mass is 32.1. The van der Waals surface area contributed by atoms with E-state index in [0.29, 0.717) is 31.7 Å². The van der Waals surface area contributed by atoms with Gasteiger partial charge in [-0.15, -0.1) is 11.3 Å². The van der Waals surface area contributed by atoms with Crippen LogP contribution in [-0.4, -0.2) is 47.8 Å². The van der Waals surface area contributed by atoms with Crippen molar-refractivity contribution >= 4 is 23.2 Å². The molecule has 1 aliphatic heterocycles. The lowest BCUT2D eigenvalue weighted by atomic mass is 10.2. The number of thiophene rings is 1. The SMILES string of the molecule is Cc1ccc(C(=O)N2CCN(C(=O)c3ccoc3)CC2)s1. The van der Waals surface area contributed by atoms with Crippen LogP contribution in [0.4, 0.5) is 0 Å². The smallest absolute Gasteiger partial charge is 0.264 e. The van der Waals surface area contributed by atoms with E-state index in [9.17, 15) is 9.59 Å². The van der Waals surface area contributed by atoms with Crippen LogP contribution in [-0.2, 0) is 0 Å². The second-order valence-electron chi connectivity index (χ2n) is 5.01. The third-order valence-electron chi connectivity index (χ3n) is 3.57. The molecule has 1 aliphatic rings. The second kappa shape index (κ2) is 5.73. The Morgan fingerprint density at radius 3 is 2.24 bits per heavy atom. The zero-order chi connectivity index (χ0) is 14.8. The molecule has 2 aromatic heterocycles. The van der Waals surface area contributed by atoms with Gasteiger partial charge in [-0.1, -0.05) is 0 Å². The number of hydrogen-bond acceptors (Lipinski definition) is 4. The first kappa shape index (κ1) is 13.9. The van der Waals surface area contributed by atoms with Gasteiger partial charge in [-0.25, -0.2) is 0 Å². The molecule has 110 valence electrons. The van der Waals surface area contributed by atoms with Crippen molar-refractivity contribution in [2.24, 2.45) is 0 Å². The van der Waals surface area contributed by atoms with E-state index in [2.05, 4.69) is 0 Å². The first-order valence-electron chi connectivity index (χ1n) is 6.82. The Morgan fingerprint density at radius 1 is 1.05 bits per heavy atom. The normalized spacial score (nSPS) is 15.3. The summed E-state index contributed by atoms with van der Waals surface area (Å²) >= 11 is 1.51. The summed E-state index contributed by atoms with van der Waals surface area (Å²) in [5.41, 5.74) is 0.559. The molecule has 1 fully saturated rings. The number of piperazine rings is 1. The van der Waals surface area contributed by atoms with Gasteiger partial charge in [0.2, 0.25) is 0 Å². The molecule has 21 heavy (non-hydrogen) atoms. The topological polar surface area (TPSA) is 53.8 Å². The van der Waals surface area contributed by atoms with Gasteiger partial charge in [0.25, 0.3) is 11.8 Å². The maximum Gasteiger partial charge on any atom is 0.264 e. The molecule has 0 radical (unpaired) electrons. The molecule has 3 heterocycles. The van der Waals surface area contributed by atoms with Crippen molar-refractivity contribution in [1.82, 2.24) is 9.80 Å². The van der Waals surface area contributed by atoms with E-state index in [1.165, 1.54) is 23.9 Å². The summed E-state index contributed by atoms with van der Waals surface area (Å²) in [5, 5.41) is 0. The van der Waals surface area contributed by atoms with E-state index in [4.69, 9.17) is 4.42 Å². The number of rotatable bonds is 2. The fraction of sp³-hybridized carbons (Fsp3) is 0.333. The van der Waals surface area contributed by atoms with Crippen molar-refractivity contribution in [2.75, 3.05) is 26.2 Å². The highest BCUT2D eigenvalue weighted by Gasteiger charge is 2.26. The van der Waals surface area contributed by atoms with Crippen molar-refractivity contribution in [3.05, 3.63) is 46.0 Å². The minimum atomic E-state index is -0.0391. The molecule has 1 saturated heterocycles. The van der Waals surface area contributed by atoms with Crippen molar-refractivity contribution in [2.45, 2.75) is 6.92 Å². The lowest BCUT2D eigenvalue weighted by Crippen LogP contribution is -2.50. The van der Waals surface area contributed by atoms with Gasteiger partial charge in [0.05, 0.1) is 16.7 Å². The van der Waals surface area contributed by atoms with Crippen LogP contribution in [0.3, 0.4) is 0 Å². The van der Waals surface area contributed by atoms with Crippen LogP contribution in [0.2, 0.25) is 0 Å². The molecule has 0 saturated carbocycles. The standard InChI is InChI=1S/C15H16N2O3S/c1-11-2-3-13(21-11)15(19)17-7-5-16(6-8-17)14(18)12-4-9-20-10-12/h2-4,9-10H,5-8H2,1H3. The molecular weight excluding hydrogens is 288 g/mol. The molecule has 5 nitrogen and oxygen atoms in total. The van der Waals surface area contributed by atoms with Crippen LogP contribution >= 0.6 is 11.3 Å². The van der Waals surface area contributed by atoms with Crippen LogP contribution in [0.25, 0.3) is 0 Å². The van der Waals surface area contributed by atoms with Crippen LogP contribution in [0, 0.1) is 6.92 Å². The summed E-state index contributed by atoms with van der Waals surface area (Å²) in [7, 11) is 0. The van der Waals surface area contributed by atoms with Gasteiger partial charge in [0.15, 0.2) is 0 Å². The molecule has 2 aromatic rings. The fourth-order valence-electron chi connectivity index (χ4n) is 2.39. The first-order chi connectivity index (χ1) is 10.1. The van der Waals surface area contributed by atoms with E-state index in [-0.39, 0.29) is 11.8 Å². The van der Waals surface area contributed by atoms with E-state index < -0.39 is 0 Å². The molecule has 3 rings (SSSR count). The molecule has 0 aliphatic carbocycles. The number of nitrogens with zero attached hydrogens (tertiary/aromatic N) is 2. The number of aryl methyl sites for hydroxylation is 1. The Balaban J connectivity index is 1.60. The molecular formula is C15H16N2O3S. The lowest BCUT2D eigenvalue weighted by Gasteiger charge is -2.34. The molecule has 2 amide bonds.